The van der Waals surface area contributed by atoms with Crippen LogP contribution < -0.4 is 4.74 Å². The third kappa shape index (κ3) is 6.52. The van der Waals surface area contributed by atoms with E-state index in [9.17, 15) is 15.0 Å². The predicted molar refractivity (Wildman–Crippen MR) is 133 cm³/mol. The summed E-state index contributed by atoms with van der Waals surface area (Å²) in [7, 11) is 1.62. The van der Waals surface area contributed by atoms with E-state index in [0.717, 1.165) is 60.9 Å². The molecular formula is C27H34N4O4. The van der Waals surface area contributed by atoms with Crippen LogP contribution in [0.25, 0.3) is 10.9 Å². The van der Waals surface area contributed by atoms with Gasteiger partial charge in [0.25, 0.3) is 0 Å². The van der Waals surface area contributed by atoms with Crippen molar-refractivity contribution in [3.63, 3.8) is 0 Å². The molecule has 1 aliphatic heterocycles. The number of nitrogens with zero attached hydrogens (tertiary/aromatic N) is 4. The van der Waals surface area contributed by atoms with E-state index in [1.54, 1.807) is 19.5 Å². The van der Waals surface area contributed by atoms with Gasteiger partial charge >= 0.3 is 5.97 Å². The van der Waals surface area contributed by atoms with Crippen molar-refractivity contribution in [3.05, 3.63) is 60.0 Å². The molecule has 8 heteroatoms. The Kier molecular flexibility index (Phi) is 8.60. The molecule has 1 saturated heterocycles. The first-order valence-corrected chi connectivity index (χ1v) is 12.4. The van der Waals surface area contributed by atoms with Crippen LogP contribution in [0.2, 0.25) is 0 Å². The van der Waals surface area contributed by atoms with Gasteiger partial charge in [0.1, 0.15) is 5.75 Å². The molecule has 3 aromatic rings. The van der Waals surface area contributed by atoms with Crippen LogP contribution >= 0.6 is 0 Å². The van der Waals surface area contributed by atoms with Gasteiger partial charge in [-0.15, -0.1) is 0 Å². The Hall–Kier alpha value is -3.10. The molecule has 1 fully saturated rings. The second-order valence-electron chi connectivity index (χ2n) is 9.34. The highest BCUT2D eigenvalue weighted by atomic mass is 16.5. The van der Waals surface area contributed by atoms with Crippen molar-refractivity contribution < 1.29 is 19.7 Å². The molecule has 0 saturated carbocycles. The number of aliphatic hydroxyl groups is 1. The van der Waals surface area contributed by atoms with Gasteiger partial charge in [-0.3, -0.25) is 9.78 Å². The number of unbranched alkanes of at least 4 members (excludes halogenated alkanes) is 1. The average molecular weight is 479 g/mol. The van der Waals surface area contributed by atoms with Gasteiger partial charge in [0.2, 0.25) is 0 Å². The molecule has 0 spiro atoms. The van der Waals surface area contributed by atoms with E-state index in [2.05, 4.69) is 20.1 Å². The maximum atomic E-state index is 12.1. The van der Waals surface area contributed by atoms with E-state index in [1.165, 1.54) is 0 Å². The number of carboxylic acid groups (broad SMARTS) is 1. The molecule has 0 aliphatic carbocycles. The van der Waals surface area contributed by atoms with E-state index in [-0.39, 0.29) is 5.92 Å². The fourth-order valence-corrected chi connectivity index (χ4v) is 5.10. The molecule has 0 unspecified atom stereocenters. The lowest BCUT2D eigenvalue weighted by Crippen LogP contribution is -2.44. The van der Waals surface area contributed by atoms with Gasteiger partial charge in [0.15, 0.2) is 0 Å². The zero-order chi connectivity index (χ0) is 24.6. The number of hydrogen-bond donors (Lipinski definition) is 2. The lowest BCUT2D eigenvalue weighted by molar-refractivity contribution is -0.146. The monoisotopic (exact) mass is 478 g/mol. The Morgan fingerprint density at radius 3 is 2.89 bits per heavy atom. The van der Waals surface area contributed by atoms with Crippen LogP contribution in [0.1, 0.15) is 49.5 Å². The number of methoxy groups -OCH3 is 1. The fourth-order valence-electron chi connectivity index (χ4n) is 5.10. The van der Waals surface area contributed by atoms with Gasteiger partial charge in [0, 0.05) is 24.3 Å². The Labute approximate surface area is 206 Å². The zero-order valence-electron chi connectivity index (χ0n) is 20.2. The number of pyridine rings is 1. The maximum Gasteiger partial charge on any atom is 0.308 e. The van der Waals surface area contributed by atoms with Crippen molar-refractivity contribution in [1.82, 2.24) is 20.1 Å². The molecule has 0 radical (unpaired) electrons. The largest absolute Gasteiger partial charge is 0.497 e. The molecule has 2 aromatic heterocycles. The van der Waals surface area contributed by atoms with E-state index < -0.39 is 18.0 Å². The number of likely N-dealkylation sites (tertiary alicyclic amines) is 1. The summed E-state index contributed by atoms with van der Waals surface area (Å²) in [5.41, 5.74) is 2.60. The van der Waals surface area contributed by atoms with Gasteiger partial charge in [-0.1, -0.05) is 0 Å². The quantitative estimate of drug-likeness (QED) is 0.400. The Bertz CT molecular complexity index is 1110. The summed E-state index contributed by atoms with van der Waals surface area (Å²) in [6.07, 6.45) is 7.62. The van der Waals surface area contributed by atoms with Crippen LogP contribution in [0.15, 0.2) is 48.8 Å². The van der Waals surface area contributed by atoms with Gasteiger partial charge < -0.3 is 19.8 Å². The number of hydrogen-bond acceptors (Lipinski definition) is 7. The van der Waals surface area contributed by atoms with Crippen molar-refractivity contribution in [2.75, 3.05) is 26.7 Å². The molecule has 2 N–H and O–H groups in total. The lowest BCUT2D eigenvalue weighted by atomic mass is 9.81. The minimum atomic E-state index is -0.743. The first-order valence-electron chi connectivity index (χ1n) is 12.4. The summed E-state index contributed by atoms with van der Waals surface area (Å²) >= 11 is 0. The second-order valence-corrected chi connectivity index (χ2v) is 9.34. The number of carbonyl (C=O) groups is 1. The van der Waals surface area contributed by atoms with Crippen LogP contribution in [-0.2, 0) is 11.2 Å². The normalized spacial score (nSPS) is 19.5. The van der Waals surface area contributed by atoms with Gasteiger partial charge in [-0.05, 0) is 99.5 Å². The first kappa shape index (κ1) is 25.0. The summed E-state index contributed by atoms with van der Waals surface area (Å²) in [5, 5.41) is 29.8. The maximum absolute atomic E-state index is 12.1. The van der Waals surface area contributed by atoms with Crippen LogP contribution in [0, 0.1) is 11.8 Å². The SMILES string of the molecule is COc1ccc2nccc([C@H](O)CC[C@@H]3CCN(CCCCc4cccnn4)C[C@@H]3C(=O)O)c2c1. The molecule has 0 bridgehead atoms. The third-order valence-corrected chi connectivity index (χ3v) is 7.09. The van der Waals surface area contributed by atoms with Crippen LogP contribution in [-0.4, -0.2) is 63.0 Å². The van der Waals surface area contributed by atoms with Crippen LogP contribution in [0.5, 0.6) is 5.75 Å². The van der Waals surface area contributed by atoms with E-state index in [1.807, 2.05) is 36.4 Å². The minimum Gasteiger partial charge on any atom is -0.497 e. The standard InChI is InChI=1S/C27H34N4O4/c1-35-21-8-9-25-23(17-21)22(11-14-28-25)26(32)10-7-19-12-16-31(18-24(19)27(33)34)15-3-2-5-20-6-4-13-29-30-20/h4,6,8-9,11,13-14,17,19,24,26,32H,2-3,5,7,10,12,15-16,18H2,1H3,(H,33,34)/t19-,24+,26-/m1/s1. The smallest absolute Gasteiger partial charge is 0.308 e. The van der Waals surface area contributed by atoms with E-state index in [0.29, 0.717) is 25.1 Å². The van der Waals surface area contributed by atoms with E-state index in [4.69, 9.17) is 4.74 Å². The highest BCUT2D eigenvalue weighted by Gasteiger charge is 2.34. The number of rotatable bonds is 11. The summed E-state index contributed by atoms with van der Waals surface area (Å²) in [5.74, 6) is -0.382. The number of piperidine rings is 1. The number of carboxylic acids is 1. The number of aliphatic hydroxyl groups excluding tert-OH is 1. The number of aromatic nitrogens is 3. The molecule has 3 atom stereocenters. The molecule has 1 aromatic carbocycles. The molecule has 35 heavy (non-hydrogen) atoms. The van der Waals surface area contributed by atoms with Crippen molar-refractivity contribution in [2.45, 2.75) is 44.6 Å². The fraction of sp³-hybridized carbons (Fsp3) is 0.481. The molecular weight excluding hydrogens is 444 g/mol. The molecule has 1 aliphatic rings. The molecule has 186 valence electrons. The average Bonchev–Trinajstić information content (AvgIpc) is 2.89. The van der Waals surface area contributed by atoms with Crippen molar-refractivity contribution in [1.29, 1.82) is 0 Å². The van der Waals surface area contributed by atoms with Crippen molar-refractivity contribution in [3.8, 4) is 5.75 Å². The van der Waals surface area contributed by atoms with E-state index >= 15 is 0 Å². The number of aliphatic carboxylic acids is 1. The predicted octanol–water partition coefficient (Wildman–Crippen LogP) is 3.89. The number of fused-ring (bicyclic) bond motifs is 1. The van der Waals surface area contributed by atoms with Crippen molar-refractivity contribution in [2.24, 2.45) is 11.8 Å². The molecule has 4 rings (SSSR count). The van der Waals surface area contributed by atoms with Gasteiger partial charge in [-0.25, -0.2) is 0 Å². The number of benzene rings is 1. The van der Waals surface area contributed by atoms with Crippen LogP contribution in [0.3, 0.4) is 0 Å². The third-order valence-electron chi connectivity index (χ3n) is 7.09. The molecule has 8 nitrogen and oxygen atoms in total. The van der Waals surface area contributed by atoms with Crippen LogP contribution in [0.4, 0.5) is 0 Å². The lowest BCUT2D eigenvalue weighted by Gasteiger charge is -2.37. The summed E-state index contributed by atoms with van der Waals surface area (Å²) in [6.45, 7) is 2.35. The second kappa shape index (κ2) is 12.0. The highest BCUT2D eigenvalue weighted by molar-refractivity contribution is 5.83. The van der Waals surface area contributed by atoms with Gasteiger partial charge in [-0.2, -0.15) is 10.2 Å². The summed E-state index contributed by atoms with van der Waals surface area (Å²) in [6, 6.07) is 11.4. The Morgan fingerprint density at radius 2 is 2.11 bits per heavy atom. The van der Waals surface area contributed by atoms with Crippen molar-refractivity contribution >= 4 is 16.9 Å². The zero-order valence-corrected chi connectivity index (χ0v) is 20.2. The van der Waals surface area contributed by atoms with Gasteiger partial charge in [0.05, 0.1) is 30.3 Å². The molecule has 3 heterocycles. The number of aryl methyl sites for hydroxylation is 1. The molecule has 0 amide bonds. The highest BCUT2D eigenvalue weighted by Crippen LogP contribution is 2.33. The number of ether oxygens (including phenoxy) is 1. The summed E-state index contributed by atoms with van der Waals surface area (Å²) < 4.78 is 5.33. The topological polar surface area (TPSA) is 109 Å². The Morgan fingerprint density at radius 1 is 1.23 bits per heavy atom. The summed E-state index contributed by atoms with van der Waals surface area (Å²) in [4.78, 5) is 18.7. The Balaban J connectivity index is 1.30. The first-order chi connectivity index (χ1) is 17.0. The minimum absolute atomic E-state index is 0.0561.